The molecule has 0 aliphatic heterocycles. The molecule has 1 amide bonds. The van der Waals surface area contributed by atoms with Crippen LogP contribution in [-0.2, 0) is 17.9 Å². The Hall–Kier alpha value is -2.85. The van der Waals surface area contributed by atoms with Gasteiger partial charge in [0, 0.05) is 20.1 Å². The molecule has 0 aliphatic carbocycles. The van der Waals surface area contributed by atoms with Gasteiger partial charge in [-0.05, 0) is 47.1 Å². The first-order valence-corrected chi connectivity index (χ1v) is 9.08. The van der Waals surface area contributed by atoms with E-state index < -0.39 is 0 Å². The third kappa shape index (κ3) is 5.08. The van der Waals surface area contributed by atoms with Gasteiger partial charge in [-0.2, -0.15) is 0 Å². The van der Waals surface area contributed by atoms with E-state index in [4.69, 9.17) is 4.74 Å². The average Bonchev–Trinajstić information content (AvgIpc) is 2.68. The van der Waals surface area contributed by atoms with E-state index in [1.165, 1.54) is 10.9 Å². The number of methoxy groups -OCH3 is 1. The van der Waals surface area contributed by atoms with Crippen molar-refractivity contribution in [3.05, 3.63) is 77.9 Å². The molecule has 3 aromatic rings. The zero-order chi connectivity index (χ0) is 19.2. The molecule has 0 fully saturated rings. The summed E-state index contributed by atoms with van der Waals surface area (Å²) in [4.78, 5) is 16.3. The minimum atomic E-state index is 0.117. The summed E-state index contributed by atoms with van der Waals surface area (Å²) in [6.07, 6.45) is 0. The molecular weight excluding hydrogens is 336 g/mol. The van der Waals surface area contributed by atoms with Crippen molar-refractivity contribution in [2.24, 2.45) is 0 Å². The zero-order valence-corrected chi connectivity index (χ0v) is 16.2. The normalized spacial score (nSPS) is 11.0. The van der Waals surface area contributed by atoms with Crippen LogP contribution in [0.1, 0.15) is 11.1 Å². The molecule has 4 heteroatoms. The second-order valence-corrected chi connectivity index (χ2v) is 6.96. The third-order valence-corrected chi connectivity index (χ3v) is 4.66. The molecule has 27 heavy (non-hydrogen) atoms. The Balaban J connectivity index is 1.58. The number of nitrogens with zero attached hydrogens (tertiary/aromatic N) is 2. The van der Waals surface area contributed by atoms with Gasteiger partial charge < -0.3 is 9.64 Å². The highest BCUT2D eigenvalue weighted by atomic mass is 16.5. The summed E-state index contributed by atoms with van der Waals surface area (Å²) in [6, 6.07) is 22.5. The number of hydrogen-bond donors (Lipinski definition) is 0. The molecule has 0 atom stereocenters. The second-order valence-electron chi connectivity index (χ2n) is 6.96. The lowest BCUT2D eigenvalue weighted by Gasteiger charge is -2.22. The van der Waals surface area contributed by atoms with E-state index in [1.54, 1.807) is 12.0 Å². The standard InChI is InChI=1S/C23H26N2O2/c1-24(17-23(26)25(2)16-18-7-5-4-6-8-18)15-19-9-10-21-14-22(27-3)12-11-20(21)13-19/h4-14H,15-17H2,1-3H3. The molecule has 0 saturated carbocycles. The van der Waals surface area contributed by atoms with Gasteiger partial charge in [0.15, 0.2) is 0 Å². The molecule has 0 radical (unpaired) electrons. The Labute approximate surface area is 161 Å². The maximum absolute atomic E-state index is 12.5. The molecule has 140 valence electrons. The molecule has 3 aromatic carbocycles. The van der Waals surface area contributed by atoms with E-state index >= 15 is 0 Å². The van der Waals surface area contributed by atoms with Crippen molar-refractivity contribution in [3.8, 4) is 5.75 Å². The lowest BCUT2D eigenvalue weighted by Crippen LogP contribution is -2.36. The topological polar surface area (TPSA) is 32.8 Å². The first kappa shape index (κ1) is 18.9. The van der Waals surface area contributed by atoms with Crippen molar-refractivity contribution in [2.75, 3.05) is 27.7 Å². The van der Waals surface area contributed by atoms with Crippen LogP contribution in [0, 0.1) is 0 Å². The Kier molecular flexibility index (Phi) is 6.09. The van der Waals surface area contributed by atoms with Gasteiger partial charge in [0.25, 0.3) is 0 Å². The number of rotatable bonds is 7. The fraction of sp³-hybridized carbons (Fsp3) is 0.261. The fourth-order valence-corrected chi connectivity index (χ4v) is 3.16. The van der Waals surface area contributed by atoms with Gasteiger partial charge in [0.2, 0.25) is 5.91 Å². The predicted octanol–water partition coefficient (Wildman–Crippen LogP) is 3.94. The summed E-state index contributed by atoms with van der Waals surface area (Å²) in [5.41, 5.74) is 2.33. The van der Waals surface area contributed by atoms with E-state index in [0.29, 0.717) is 13.1 Å². The van der Waals surface area contributed by atoms with E-state index in [2.05, 4.69) is 29.2 Å². The second kappa shape index (κ2) is 8.69. The van der Waals surface area contributed by atoms with Crippen LogP contribution in [0.15, 0.2) is 66.7 Å². The largest absolute Gasteiger partial charge is 0.497 e. The molecular formula is C23H26N2O2. The van der Waals surface area contributed by atoms with E-state index in [0.717, 1.165) is 23.2 Å². The molecule has 3 rings (SSSR count). The minimum Gasteiger partial charge on any atom is -0.497 e. The molecule has 0 bridgehead atoms. The molecule has 0 N–H and O–H groups in total. The number of carbonyl (C=O) groups excluding carboxylic acids is 1. The third-order valence-electron chi connectivity index (χ3n) is 4.66. The molecule has 0 heterocycles. The highest BCUT2D eigenvalue weighted by molar-refractivity contribution is 5.84. The quantitative estimate of drug-likeness (QED) is 0.638. The Morgan fingerprint density at radius 1 is 0.852 bits per heavy atom. The summed E-state index contributed by atoms with van der Waals surface area (Å²) in [5, 5.41) is 2.33. The molecule has 0 aromatic heterocycles. The van der Waals surface area contributed by atoms with Crippen LogP contribution < -0.4 is 4.74 Å². The molecule has 0 saturated heterocycles. The highest BCUT2D eigenvalue weighted by Crippen LogP contribution is 2.22. The summed E-state index contributed by atoms with van der Waals surface area (Å²) >= 11 is 0. The number of likely N-dealkylation sites (N-methyl/N-ethyl adjacent to an activating group) is 2. The van der Waals surface area contributed by atoms with Crippen LogP contribution in [0.5, 0.6) is 5.75 Å². The lowest BCUT2D eigenvalue weighted by molar-refractivity contribution is -0.131. The Bertz CT molecular complexity index is 909. The van der Waals surface area contributed by atoms with Crippen LogP contribution in [0.25, 0.3) is 10.8 Å². The van der Waals surface area contributed by atoms with Crippen molar-refractivity contribution in [3.63, 3.8) is 0 Å². The fourth-order valence-electron chi connectivity index (χ4n) is 3.16. The van der Waals surface area contributed by atoms with Gasteiger partial charge in [-0.1, -0.05) is 48.5 Å². The molecule has 0 unspecified atom stereocenters. The monoisotopic (exact) mass is 362 g/mol. The van der Waals surface area contributed by atoms with E-state index in [-0.39, 0.29) is 5.91 Å². The van der Waals surface area contributed by atoms with Gasteiger partial charge in [0.1, 0.15) is 5.75 Å². The Morgan fingerprint density at radius 3 is 2.30 bits per heavy atom. The zero-order valence-electron chi connectivity index (χ0n) is 16.2. The summed E-state index contributed by atoms with van der Waals surface area (Å²) < 4.78 is 5.28. The van der Waals surface area contributed by atoms with Crippen LogP contribution in [0.3, 0.4) is 0 Å². The summed E-state index contributed by atoms with van der Waals surface area (Å²) in [6.45, 7) is 1.75. The van der Waals surface area contributed by atoms with Crippen molar-refractivity contribution in [1.82, 2.24) is 9.80 Å². The highest BCUT2D eigenvalue weighted by Gasteiger charge is 2.12. The SMILES string of the molecule is COc1ccc2cc(CN(C)CC(=O)N(C)Cc3ccccc3)ccc2c1. The first-order valence-electron chi connectivity index (χ1n) is 9.08. The first-order chi connectivity index (χ1) is 13.0. The van der Waals surface area contributed by atoms with Crippen LogP contribution in [-0.4, -0.2) is 43.5 Å². The van der Waals surface area contributed by atoms with Crippen LogP contribution in [0.4, 0.5) is 0 Å². The molecule has 0 spiro atoms. The van der Waals surface area contributed by atoms with Crippen molar-refractivity contribution in [2.45, 2.75) is 13.1 Å². The number of carbonyl (C=O) groups is 1. The lowest BCUT2D eigenvalue weighted by atomic mass is 10.1. The molecule has 4 nitrogen and oxygen atoms in total. The summed E-state index contributed by atoms with van der Waals surface area (Å²) in [5.74, 6) is 0.978. The average molecular weight is 362 g/mol. The van der Waals surface area contributed by atoms with E-state index in [1.807, 2.05) is 56.6 Å². The number of benzene rings is 3. The minimum absolute atomic E-state index is 0.117. The predicted molar refractivity (Wildman–Crippen MR) is 110 cm³/mol. The van der Waals surface area contributed by atoms with Gasteiger partial charge >= 0.3 is 0 Å². The number of hydrogen-bond acceptors (Lipinski definition) is 3. The maximum Gasteiger partial charge on any atom is 0.236 e. The van der Waals surface area contributed by atoms with Crippen LogP contribution >= 0.6 is 0 Å². The van der Waals surface area contributed by atoms with Crippen molar-refractivity contribution >= 4 is 16.7 Å². The summed E-state index contributed by atoms with van der Waals surface area (Å²) in [7, 11) is 5.51. The smallest absolute Gasteiger partial charge is 0.236 e. The maximum atomic E-state index is 12.5. The Morgan fingerprint density at radius 2 is 1.56 bits per heavy atom. The van der Waals surface area contributed by atoms with Gasteiger partial charge in [-0.15, -0.1) is 0 Å². The van der Waals surface area contributed by atoms with Gasteiger partial charge in [-0.25, -0.2) is 0 Å². The van der Waals surface area contributed by atoms with Gasteiger partial charge in [-0.3, -0.25) is 9.69 Å². The van der Waals surface area contributed by atoms with E-state index in [9.17, 15) is 4.79 Å². The number of fused-ring (bicyclic) bond motifs is 1. The number of ether oxygens (including phenoxy) is 1. The number of amides is 1. The van der Waals surface area contributed by atoms with Gasteiger partial charge in [0.05, 0.1) is 13.7 Å². The molecule has 0 aliphatic rings. The van der Waals surface area contributed by atoms with Crippen molar-refractivity contribution in [1.29, 1.82) is 0 Å². The van der Waals surface area contributed by atoms with Crippen LogP contribution in [0.2, 0.25) is 0 Å². The van der Waals surface area contributed by atoms with Crippen molar-refractivity contribution < 1.29 is 9.53 Å².